The first kappa shape index (κ1) is 20.0. The van der Waals surface area contributed by atoms with Gasteiger partial charge in [-0.2, -0.15) is 0 Å². The van der Waals surface area contributed by atoms with Crippen molar-refractivity contribution in [2.24, 2.45) is 10.9 Å². The average Bonchev–Trinajstić information content (AvgIpc) is 3.19. The molecule has 0 spiro atoms. The van der Waals surface area contributed by atoms with Crippen LogP contribution in [0.3, 0.4) is 0 Å². The molecule has 1 aromatic carbocycles. The zero-order chi connectivity index (χ0) is 15.9. The molecule has 0 amide bonds. The normalized spacial score (nSPS) is 20.0. The van der Waals surface area contributed by atoms with E-state index < -0.39 is 0 Å². The first-order valence-corrected chi connectivity index (χ1v) is 7.92. The molecule has 2 unspecified atom stereocenters. The molecule has 2 N–H and O–H groups in total. The smallest absolute Gasteiger partial charge is 0.191 e. The molecule has 2 atom stereocenters. The molecule has 130 valence electrons. The molecule has 1 saturated carbocycles. The zero-order valence-electron chi connectivity index (χ0n) is 14.5. The largest absolute Gasteiger partial charge is 0.492 e. The van der Waals surface area contributed by atoms with Crippen LogP contribution in [0.2, 0.25) is 0 Å². The summed E-state index contributed by atoms with van der Waals surface area (Å²) < 4.78 is 5.88. The van der Waals surface area contributed by atoms with Crippen molar-refractivity contribution in [2.75, 3.05) is 34.3 Å². The van der Waals surface area contributed by atoms with Gasteiger partial charge >= 0.3 is 0 Å². The molecule has 1 aromatic rings. The molecule has 0 aromatic heterocycles. The summed E-state index contributed by atoms with van der Waals surface area (Å²) in [6.45, 7) is 4.55. The number of halogens is 1. The average molecular weight is 432 g/mol. The summed E-state index contributed by atoms with van der Waals surface area (Å²) in [5.41, 5.74) is 1.15. The Bertz CT molecular complexity index is 507. The number of likely N-dealkylation sites (N-methyl/N-ethyl adjacent to an activating group) is 1. The molecular formula is C17H29IN4O. The van der Waals surface area contributed by atoms with Crippen LogP contribution in [-0.2, 0) is 6.54 Å². The second-order valence-electron chi connectivity index (χ2n) is 6.15. The standard InChI is InChI=1S/C17H28N4O.HI/c1-13-11-15(13)20-17(18-2)19-12-14-7-5-6-8-16(14)22-10-9-21(3)4;/h5-8,13,15H,9-12H2,1-4H3,(H2,18,19,20);1H. The Hall–Kier alpha value is -1.02. The van der Waals surface area contributed by atoms with Crippen LogP contribution in [0.25, 0.3) is 0 Å². The maximum atomic E-state index is 5.88. The van der Waals surface area contributed by atoms with Crippen molar-refractivity contribution in [1.29, 1.82) is 0 Å². The van der Waals surface area contributed by atoms with Crippen molar-refractivity contribution in [3.8, 4) is 5.75 Å². The Morgan fingerprint density at radius 3 is 2.65 bits per heavy atom. The molecule has 1 aliphatic rings. The van der Waals surface area contributed by atoms with Gasteiger partial charge in [0.05, 0.1) is 0 Å². The Labute approximate surface area is 156 Å². The highest BCUT2D eigenvalue weighted by molar-refractivity contribution is 14.0. The van der Waals surface area contributed by atoms with Crippen molar-refractivity contribution in [3.63, 3.8) is 0 Å². The first-order valence-electron chi connectivity index (χ1n) is 7.92. The maximum absolute atomic E-state index is 5.88. The molecule has 0 heterocycles. The van der Waals surface area contributed by atoms with Gasteiger partial charge in [0.2, 0.25) is 0 Å². The Morgan fingerprint density at radius 2 is 2.04 bits per heavy atom. The minimum Gasteiger partial charge on any atom is -0.492 e. The van der Waals surface area contributed by atoms with Crippen molar-refractivity contribution in [3.05, 3.63) is 29.8 Å². The van der Waals surface area contributed by atoms with E-state index in [1.807, 2.05) is 39.3 Å². The van der Waals surface area contributed by atoms with Crippen LogP contribution >= 0.6 is 24.0 Å². The van der Waals surface area contributed by atoms with E-state index >= 15 is 0 Å². The van der Waals surface area contributed by atoms with Crippen LogP contribution in [-0.4, -0.2) is 51.2 Å². The predicted molar refractivity (Wildman–Crippen MR) is 107 cm³/mol. The highest BCUT2D eigenvalue weighted by atomic mass is 127. The lowest BCUT2D eigenvalue weighted by molar-refractivity contribution is 0.259. The van der Waals surface area contributed by atoms with Crippen molar-refractivity contribution >= 4 is 29.9 Å². The van der Waals surface area contributed by atoms with Gasteiger partial charge in [-0.05, 0) is 32.5 Å². The summed E-state index contributed by atoms with van der Waals surface area (Å²) in [7, 11) is 5.90. The van der Waals surface area contributed by atoms with E-state index in [2.05, 4.69) is 33.5 Å². The van der Waals surface area contributed by atoms with Crippen LogP contribution in [0, 0.1) is 5.92 Å². The highest BCUT2D eigenvalue weighted by Crippen LogP contribution is 2.28. The Kier molecular flexibility index (Phi) is 8.68. The number of nitrogens with one attached hydrogen (secondary N) is 2. The summed E-state index contributed by atoms with van der Waals surface area (Å²) in [6, 6.07) is 8.72. The summed E-state index contributed by atoms with van der Waals surface area (Å²) in [5.74, 6) is 2.55. The third-order valence-electron chi connectivity index (χ3n) is 3.87. The van der Waals surface area contributed by atoms with Gasteiger partial charge in [0.15, 0.2) is 5.96 Å². The van der Waals surface area contributed by atoms with Crippen LogP contribution in [0.1, 0.15) is 18.9 Å². The minimum absolute atomic E-state index is 0. The number of hydrogen-bond acceptors (Lipinski definition) is 3. The van der Waals surface area contributed by atoms with E-state index in [9.17, 15) is 0 Å². The number of aliphatic imine (C=N–C) groups is 1. The quantitative estimate of drug-likeness (QED) is 0.395. The third kappa shape index (κ3) is 6.95. The Balaban J connectivity index is 0.00000264. The monoisotopic (exact) mass is 432 g/mol. The summed E-state index contributed by atoms with van der Waals surface area (Å²) in [5, 5.41) is 6.80. The molecule has 0 bridgehead atoms. The molecule has 0 aliphatic heterocycles. The van der Waals surface area contributed by atoms with Gasteiger partial charge in [-0.25, -0.2) is 0 Å². The number of guanidine groups is 1. The van der Waals surface area contributed by atoms with Gasteiger partial charge in [-0.15, -0.1) is 24.0 Å². The number of benzene rings is 1. The predicted octanol–water partition coefficient (Wildman–Crippen LogP) is 2.32. The van der Waals surface area contributed by atoms with Crippen LogP contribution in [0.4, 0.5) is 0 Å². The van der Waals surface area contributed by atoms with Gasteiger partial charge in [0.25, 0.3) is 0 Å². The fourth-order valence-electron chi connectivity index (χ4n) is 2.20. The minimum atomic E-state index is 0. The van der Waals surface area contributed by atoms with Crippen molar-refractivity contribution in [1.82, 2.24) is 15.5 Å². The molecule has 2 rings (SSSR count). The zero-order valence-corrected chi connectivity index (χ0v) is 16.8. The molecule has 5 nitrogen and oxygen atoms in total. The van der Waals surface area contributed by atoms with Crippen molar-refractivity contribution < 1.29 is 4.74 Å². The van der Waals surface area contributed by atoms with E-state index in [1.54, 1.807) is 0 Å². The molecule has 1 fully saturated rings. The number of ether oxygens (including phenoxy) is 1. The second kappa shape index (κ2) is 9.97. The topological polar surface area (TPSA) is 48.9 Å². The van der Waals surface area contributed by atoms with Gasteiger partial charge in [0.1, 0.15) is 12.4 Å². The number of para-hydroxylation sites is 1. The lowest BCUT2D eigenvalue weighted by atomic mass is 10.2. The lowest BCUT2D eigenvalue weighted by Gasteiger charge is -2.16. The van der Waals surface area contributed by atoms with E-state index in [0.717, 1.165) is 29.7 Å². The van der Waals surface area contributed by atoms with Crippen molar-refractivity contribution in [2.45, 2.75) is 25.9 Å². The van der Waals surface area contributed by atoms with Gasteiger partial charge < -0.3 is 20.3 Å². The number of rotatable bonds is 7. The second-order valence-corrected chi connectivity index (χ2v) is 6.15. The van der Waals surface area contributed by atoms with Crippen LogP contribution in [0.5, 0.6) is 5.75 Å². The van der Waals surface area contributed by atoms with E-state index in [4.69, 9.17) is 4.74 Å². The summed E-state index contributed by atoms with van der Waals surface area (Å²) in [4.78, 5) is 6.39. The van der Waals surface area contributed by atoms with E-state index in [0.29, 0.717) is 19.2 Å². The van der Waals surface area contributed by atoms with Gasteiger partial charge in [-0.1, -0.05) is 25.1 Å². The molecule has 0 saturated heterocycles. The number of hydrogen-bond donors (Lipinski definition) is 2. The SMILES string of the molecule is CN=C(NCc1ccccc1OCCN(C)C)NC1CC1C.I. The molecule has 23 heavy (non-hydrogen) atoms. The molecule has 6 heteroatoms. The molecule has 0 radical (unpaired) electrons. The summed E-state index contributed by atoms with van der Waals surface area (Å²) >= 11 is 0. The maximum Gasteiger partial charge on any atom is 0.191 e. The van der Waals surface area contributed by atoms with E-state index in [1.165, 1.54) is 6.42 Å². The fourth-order valence-corrected chi connectivity index (χ4v) is 2.20. The molecular weight excluding hydrogens is 403 g/mol. The van der Waals surface area contributed by atoms with Gasteiger partial charge in [0, 0.05) is 31.7 Å². The first-order chi connectivity index (χ1) is 10.6. The van der Waals surface area contributed by atoms with Crippen LogP contribution in [0.15, 0.2) is 29.3 Å². The lowest BCUT2D eigenvalue weighted by Crippen LogP contribution is -2.38. The highest BCUT2D eigenvalue weighted by Gasteiger charge is 2.33. The third-order valence-corrected chi connectivity index (χ3v) is 3.87. The Morgan fingerprint density at radius 1 is 1.35 bits per heavy atom. The summed E-state index contributed by atoms with van der Waals surface area (Å²) in [6.07, 6.45) is 1.23. The van der Waals surface area contributed by atoms with Crippen LogP contribution < -0.4 is 15.4 Å². The molecule has 1 aliphatic carbocycles. The fraction of sp³-hybridized carbons (Fsp3) is 0.588. The number of nitrogens with zero attached hydrogens (tertiary/aromatic N) is 2. The van der Waals surface area contributed by atoms with Gasteiger partial charge in [-0.3, -0.25) is 4.99 Å². The van der Waals surface area contributed by atoms with E-state index in [-0.39, 0.29) is 24.0 Å².